The largest absolute Gasteiger partial charge is 0.442 e. The van der Waals surface area contributed by atoms with Crippen molar-refractivity contribution in [2.45, 2.75) is 5.78 Å². The van der Waals surface area contributed by atoms with Gasteiger partial charge in [0, 0.05) is 14.2 Å². The molecule has 1 unspecified atom stereocenters. The van der Waals surface area contributed by atoms with Crippen LogP contribution in [0.5, 0.6) is 0 Å². The molecule has 0 aliphatic carbocycles. The van der Waals surface area contributed by atoms with Gasteiger partial charge in [-0.1, -0.05) is 36.2 Å². The molecule has 0 saturated heterocycles. The minimum atomic E-state index is -3.78. The quantitative estimate of drug-likeness (QED) is 0.472. The zero-order valence-electron chi connectivity index (χ0n) is 11.4. The summed E-state index contributed by atoms with van der Waals surface area (Å²) in [7, 11) is -1.47. The average molecular weight is 310 g/mol. The minimum Gasteiger partial charge on any atom is -0.442 e. The Morgan fingerprint density at radius 3 is 2.43 bits per heavy atom. The highest BCUT2D eigenvalue weighted by atomic mass is 31.2. The van der Waals surface area contributed by atoms with Gasteiger partial charge in [-0.05, 0) is 11.8 Å². The number of nitrogens with zero attached hydrogens (tertiary/aromatic N) is 3. The maximum Gasteiger partial charge on any atom is 0.343 e. The maximum atomic E-state index is 12.5. The lowest BCUT2D eigenvalue weighted by atomic mass is 10.2. The Hall–Kier alpha value is -2.02. The molecule has 0 N–H and O–H groups in total. The highest BCUT2D eigenvalue weighted by Gasteiger charge is 2.41. The topological polar surface area (TPSA) is 105 Å². The summed E-state index contributed by atoms with van der Waals surface area (Å²) in [5, 5.41) is 15.2. The van der Waals surface area contributed by atoms with Gasteiger partial charge in [0.15, 0.2) is 5.78 Å². The van der Waals surface area contributed by atoms with Crippen molar-refractivity contribution in [3.8, 4) is 0 Å². The molecule has 0 spiro atoms. The molecule has 112 valence electrons. The highest BCUT2D eigenvalue weighted by Crippen LogP contribution is 2.57. The van der Waals surface area contributed by atoms with Crippen LogP contribution in [-0.4, -0.2) is 30.8 Å². The standard InChI is InChI=1S/C12H13N3O5P/c1-19-21(18,20-2)12-10(15(16)17)8-13-11(14-12)9-6-4-3-5-7-9/h3-8,12H,1-2H3/q-1. The Bertz CT molecular complexity index is 636. The van der Waals surface area contributed by atoms with E-state index in [4.69, 9.17) is 9.05 Å². The fraction of sp³-hybridized carbons (Fsp3) is 0.250. The van der Waals surface area contributed by atoms with Crippen LogP contribution in [0.25, 0.3) is 5.32 Å². The van der Waals surface area contributed by atoms with Crippen LogP contribution in [0.3, 0.4) is 0 Å². The smallest absolute Gasteiger partial charge is 0.343 e. The Balaban J connectivity index is 2.44. The van der Waals surface area contributed by atoms with Gasteiger partial charge in [-0.25, -0.2) is 0 Å². The van der Waals surface area contributed by atoms with Crippen LogP contribution in [0, 0.1) is 10.1 Å². The number of rotatable bonds is 5. The Labute approximate surface area is 121 Å². The number of hydrogen-bond donors (Lipinski definition) is 0. The van der Waals surface area contributed by atoms with Crippen LogP contribution in [-0.2, 0) is 13.6 Å². The van der Waals surface area contributed by atoms with Crippen molar-refractivity contribution < 1.29 is 18.5 Å². The number of amidine groups is 1. The molecule has 1 aliphatic rings. The number of benzene rings is 1. The number of nitro groups is 1. The van der Waals surface area contributed by atoms with Gasteiger partial charge in [-0.15, -0.1) is 0 Å². The first-order chi connectivity index (χ1) is 10.0. The van der Waals surface area contributed by atoms with E-state index in [0.29, 0.717) is 5.56 Å². The number of aliphatic imine (C=N–C) groups is 1. The molecule has 1 aliphatic heterocycles. The van der Waals surface area contributed by atoms with Crippen molar-refractivity contribution in [3.63, 3.8) is 0 Å². The van der Waals surface area contributed by atoms with E-state index >= 15 is 0 Å². The number of hydrogen-bond acceptors (Lipinski definition) is 6. The molecule has 1 aromatic rings. The molecule has 0 radical (unpaired) electrons. The van der Waals surface area contributed by atoms with E-state index < -0.39 is 24.0 Å². The van der Waals surface area contributed by atoms with Gasteiger partial charge < -0.3 is 19.4 Å². The molecule has 0 fully saturated rings. The molecule has 1 aromatic carbocycles. The van der Waals surface area contributed by atoms with Crippen molar-refractivity contribution in [3.05, 3.63) is 63.2 Å². The molecule has 2 rings (SSSR count). The lowest BCUT2D eigenvalue weighted by molar-refractivity contribution is -0.426. The SMILES string of the molecule is COP(=O)(OC)C1[N-]C(c2ccccc2)=NC=C1[N+](=O)[O-]. The molecule has 0 aromatic heterocycles. The molecule has 0 amide bonds. The zero-order chi connectivity index (χ0) is 15.5. The second-order valence-electron chi connectivity index (χ2n) is 4.04. The van der Waals surface area contributed by atoms with E-state index in [-0.39, 0.29) is 5.84 Å². The highest BCUT2D eigenvalue weighted by molar-refractivity contribution is 7.55. The van der Waals surface area contributed by atoms with Crippen molar-refractivity contribution in [2.24, 2.45) is 4.99 Å². The fourth-order valence-electron chi connectivity index (χ4n) is 1.79. The van der Waals surface area contributed by atoms with Crippen molar-refractivity contribution in [1.82, 2.24) is 0 Å². The van der Waals surface area contributed by atoms with Crippen LogP contribution in [0.1, 0.15) is 5.56 Å². The van der Waals surface area contributed by atoms with Crippen LogP contribution in [0.4, 0.5) is 0 Å². The molecule has 21 heavy (non-hydrogen) atoms. The van der Waals surface area contributed by atoms with E-state index in [2.05, 4.69) is 10.3 Å². The molecule has 1 heterocycles. The molecule has 0 saturated carbocycles. The molecule has 1 atom stereocenters. The zero-order valence-corrected chi connectivity index (χ0v) is 12.3. The van der Waals surface area contributed by atoms with Crippen molar-refractivity contribution in [2.75, 3.05) is 14.2 Å². The molecular weight excluding hydrogens is 297 g/mol. The van der Waals surface area contributed by atoms with Crippen LogP contribution in [0.2, 0.25) is 0 Å². The maximum absolute atomic E-state index is 12.5. The van der Waals surface area contributed by atoms with Gasteiger partial charge in [-0.3, -0.25) is 14.7 Å². The van der Waals surface area contributed by atoms with Gasteiger partial charge in [0.25, 0.3) is 5.70 Å². The molecular formula is C12H13N3O5P-. The first-order valence-corrected chi connectivity index (χ1v) is 7.52. The summed E-state index contributed by atoms with van der Waals surface area (Å²) in [6.07, 6.45) is 1.03. The first-order valence-electron chi connectivity index (χ1n) is 5.91. The first kappa shape index (κ1) is 15.4. The van der Waals surface area contributed by atoms with E-state index in [9.17, 15) is 14.7 Å². The van der Waals surface area contributed by atoms with E-state index in [0.717, 1.165) is 20.4 Å². The minimum absolute atomic E-state index is 0.237. The van der Waals surface area contributed by atoms with Crippen LogP contribution < -0.4 is 0 Å². The van der Waals surface area contributed by atoms with Gasteiger partial charge in [0.1, 0.15) is 0 Å². The van der Waals surface area contributed by atoms with E-state index in [1.165, 1.54) is 0 Å². The molecule has 0 bridgehead atoms. The predicted octanol–water partition coefficient (Wildman–Crippen LogP) is 2.75. The van der Waals surface area contributed by atoms with Gasteiger partial charge in [-0.2, -0.15) is 0 Å². The monoisotopic (exact) mass is 310 g/mol. The summed E-state index contributed by atoms with van der Waals surface area (Å²) < 4.78 is 22.1. The van der Waals surface area contributed by atoms with Crippen molar-refractivity contribution in [1.29, 1.82) is 0 Å². The third kappa shape index (κ3) is 3.02. The lowest BCUT2D eigenvalue weighted by Gasteiger charge is -2.32. The Morgan fingerprint density at radius 1 is 1.29 bits per heavy atom. The lowest BCUT2D eigenvalue weighted by Crippen LogP contribution is -2.24. The van der Waals surface area contributed by atoms with Crippen molar-refractivity contribution >= 4 is 13.4 Å². The van der Waals surface area contributed by atoms with E-state index in [1.54, 1.807) is 24.3 Å². The third-order valence-corrected chi connectivity index (χ3v) is 4.88. The predicted molar refractivity (Wildman–Crippen MR) is 76.8 cm³/mol. The summed E-state index contributed by atoms with van der Waals surface area (Å²) in [5.41, 5.74) is 0.224. The summed E-state index contributed by atoms with van der Waals surface area (Å²) in [6.45, 7) is 0. The van der Waals surface area contributed by atoms with Crippen LogP contribution >= 0.6 is 7.60 Å². The normalized spacial score (nSPS) is 18.5. The second-order valence-corrected chi connectivity index (χ2v) is 6.34. The van der Waals surface area contributed by atoms with Gasteiger partial charge in [0.2, 0.25) is 0 Å². The second kappa shape index (κ2) is 6.17. The summed E-state index contributed by atoms with van der Waals surface area (Å²) in [4.78, 5) is 14.3. The van der Waals surface area contributed by atoms with Gasteiger partial charge >= 0.3 is 7.60 Å². The summed E-state index contributed by atoms with van der Waals surface area (Å²) in [6, 6.07) is 8.87. The average Bonchev–Trinajstić information content (AvgIpc) is 2.54. The molecule has 8 nitrogen and oxygen atoms in total. The summed E-state index contributed by atoms with van der Waals surface area (Å²) >= 11 is 0. The van der Waals surface area contributed by atoms with Gasteiger partial charge in [0.05, 0.1) is 4.92 Å². The molecule has 9 heteroatoms. The fourth-order valence-corrected chi connectivity index (χ4v) is 3.08. The third-order valence-electron chi connectivity index (χ3n) is 2.88. The van der Waals surface area contributed by atoms with E-state index in [1.807, 2.05) is 6.07 Å². The summed E-state index contributed by atoms with van der Waals surface area (Å²) in [5.74, 6) is -1.12. The van der Waals surface area contributed by atoms with Crippen LogP contribution in [0.15, 0.2) is 47.2 Å². The Kier molecular flexibility index (Phi) is 4.52. The Morgan fingerprint density at radius 2 is 1.90 bits per heavy atom.